The first-order valence-electron chi connectivity index (χ1n) is 5.72. The number of hydrogen-bond donors (Lipinski definition) is 1. The molecule has 0 atom stereocenters. The first-order chi connectivity index (χ1) is 9.40. The molecule has 0 amide bonds. The van der Waals surface area contributed by atoms with E-state index in [9.17, 15) is 14.3 Å². The number of benzene rings is 1. The quantitative estimate of drug-likeness (QED) is 0.930. The number of aryl methyl sites for hydroxylation is 1. The molecule has 1 aromatic carbocycles. The van der Waals surface area contributed by atoms with Crippen LogP contribution < -0.4 is 4.74 Å². The van der Waals surface area contributed by atoms with Gasteiger partial charge in [0.15, 0.2) is 0 Å². The summed E-state index contributed by atoms with van der Waals surface area (Å²) >= 11 is 5.85. The first kappa shape index (κ1) is 14.3. The molecule has 0 saturated heterocycles. The fraction of sp³-hybridized carbons (Fsp3) is 0.143. The molecule has 4 nitrogen and oxygen atoms in total. The fourth-order valence-electron chi connectivity index (χ4n) is 1.72. The maximum Gasteiger partial charge on any atom is 0.341 e. The van der Waals surface area contributed by atoms with E-state index in [1.54, 1.807) is 13.8 Å². The van der Waals surface area contributed by atoms with Crippen LogP contribution in [-0.4, -0.2) is 16.1 Å². The number of carboxylic acids is 1. The van der Waals surface area contributed by atoms with Crippen molar-refractivity contribution in [3.8, 4) is 11.6 Å². The zero-order chi connectivity index (χ0) is 14.9. The standard InChI is InChI=1S/C14H11ClFNO3/c1-7-5-9(16)3-4-11(7)20-13-12(14(18)19)8(2)10(15)6-17-13/h3-6H,1-2H3,(H,18,19). The highest BCUT2D eigenvalue weighted by atomic mass is 35.5. The molecule has 0 aliphatic heterocycles. The topological polar surface area (TPSA) is 59.4 Å². The van der Waals surface area contributed by atoms with Crippen molar-refractivity contribution < 1.29 is 19.0 Å². The van der Waals surface area contributed by atoms with Gasteiger partial charge in [-0.25, -0.2) is 14.2 Å². The van der Waals surface area contributed by atoms with Crippen molar-refractivity contribution in [2.24, 2.45) is 0 Å². The molecule has 1 N–H and O–H groups in total. The van der Waals surface area contributed by atoms with E-state index in [0.29, 0.717) is 16.9 Å². The Hall–Kier alpha value is -2.14. The molecule has 20 heavy (non-hydrogen) atoms. The van der Waals surface area contributed by atoms with Crippen molar-refractivity contribution in [3.05, 3.63) is 51.9 Å². The molecule has 0 saturated carbocycles. The average molecular weight is 296 g/mol. The number of aromatic carboxylic acids is 1. The summed E-state index contributed by atoms with van der Waals surface area (Å²) in [5.74, 6) is -1.32. The van der Waals surface area contributed by atoms with E-state index in [2.05, 4.69) is 4.98 Å². The van der Waals surface area contributed by atoms with Gasteiger partial charge in [-0.3, -0.25) is 0 Å². The van der Waals surface area contributed by atoms with Gasteiger partial charge in [-0.2, -0.15) is 0 Å². The maximum atomic E-state index is 13.0. The highest BCUT2D eigenvalue weighted by molar-refractivity contribution is 6.31. The Kier molecular flexibility index (Phi) is 3.90. The minimum absolute atomic E-state index is 0.0749. The number of halogens is 2. The number of rotatable bonds is 3. The highest BCUT2D eigenvalue weighted by Gasteiger charge is 2.19. The van der Waals surface area contributed by atoms with Gasteiger partial charge in [0.2, 0.25) is 5.88 Å². The van der Waals surface area contributed by atoms with E-state index in [-0.39, 0.29) is 16.5 Å². The Bertz CT molecular complexity index is 688. The van der Waals surface area contributed by atoms with Gasteiger partial charge in [-0.15, -0.1) is 0 Å². The van der Waals surface area contributed by atoms with Gasteiger partial charge in [-0.05, 0) is 43.2 Å². The van der Waals surface area contributed by atoms with E-state index in [1.807, 2.05) is 0 Å². The lowest BCUT2D eigenvalue weighted by Gasteiger charge is -2.12. The molecule has 104 valence electrons. The lowest BCUT2D eigenvalue weighted by Crippen LogP contribution is -2.05. The van der Waals surface area contributed by atoms with Crippen LogP contribution in [0.15, 0.2) is 24.4 Å². The zero-order valence-electron chi connectivity index (χ0n) is 10.8. The van der Waals surface area contributed by atoms with Crippen LogP contribution in [0.25, 0.3) is 0 Å². The second-order valence-corrected chi connectivity index (χ2v) is 4.64. The summed E-state index contributed by atoms with van der Waals surface area (Å²) in [5.41, 5.74) is 0.792. The second-order valence-electron chi connectivity index (χ2n) is 4.23. The van der Waals surface area contributed by atoms with Gasteiger partial charge in [0.1, 0.15) is 17.1 Å². The molecular weight excluding hydrogens is 285 g/mol. The molecule has 1 aromatic heterocycles. The normalized spacial score (nSPS) is 10.4. The van der Waals surface area contributed by atoms with E-state index in [1.165, 1.54) is 24.4 Å². The molecule has 0 radical (unpaired) electrons. The fourth-order valence-corrected chi connectivity index (χ4v) is 1.86. The summed E-state index contributed by atoms with van der Waals surface area (Å²) in [7, 11) is 0. The van der Waals surface area contributed by atoms with Crippen LogP contribution in [0.2, 0.25) is 5.02 Å². The number of aromatic nitrogens is 1. The Morgan fingerprint density at radius 1 is 1.40 bits per heavy atom. The van der Waals surface area contributed by atoms with Gasteiger partial charge >= 0.3 is 5.97 Å². The molecular formula is C14H11ClFNO3. The van der Waals surface area contributed by atoms with Crippen LogP contribution in [-0.2, 0) is 0 Å². The minimum atomic E-state index is -1.19. The van der Waals surface area contributed by atoms with Crippen LogP contribution >= 0.6 is 11.6 Å². The molecule has 0 unspecified atom stereocenters. The molecule has 1 heterocycles. The zero-order valence-corrected chi connectivity index (χ0v) is 11.5. The van der Waals surface area contributed by atoms with Crippen LogP contribution in [0, 0.1) is 19.7 Å². The van der Waals surface area contributed by atoms with Gasteiger partial charge < -0.3 is 9.84 Å². The van der Waals surface area contributed by atoms with E-state index in [4.69, 9.17) is 16.3 Å². The van der Waals surface area contributed by atoms with Crippen molar-refractivity contribution in [1.29, 1.82) is 0 Å². The van der Waals surface area contributed by atoms with Crippen LogP contribution in [0.3, 0.4) is 0 Å². The van der Waals surface area contributed by atoms with Gasteiger partial charge in [0, 0.05) is 6.20 Å². The summed E-state index contributed by atoms with van der Waals surface area (Å²) in [6, 6.07) is 3.94. The number of carboxylic acid groups (broad SMARTS) is 1. The molecule has 0 aliphatic rings. The molecule has 2 aromatic rings. The van der Waals surface area contributed by atoms with E-state index in [0.717, 1.165) is 0 Å². The van der Waals surface area contributed by atoms with Gasteiger partial charge in [0.25, 0.3) is 0 Å². The molecule has 0 spiro atoms. The van der Waals surface area contributed by atoms with Crippen molar-refractivity contribution in [2.75, 3.05) is 0 Å². The number of carbonyl (C=O) groups is 1. The van der Waals surface area contributed by atoms with Crippen LogP contribution in [0.1, 0.15) is 21.5 Å². The monoisotopic (exact) mass is 295 g/mol. The number of hydrogen-bond acceptors (Lipinski definition) is 3. The Morgan fingerprint density at radius 3 is 2.70 bits per heavy atom. The second kappa shape index (κ2) is 5.46. The number of nitrogens with zero attached hydrogens (tertiary/aromatic N) is 1. The average Bonchev–Trinajstić information content (AvgIpc) is 2.36. The lowest BCUT2D eigenvalue weighted by atomic mass is 10.1. The molecule has 6 heteroatoms. The smallest absolute Gasteiger partial charge is 0.341 e. The largest absolute Gasteiger partial charge is 0.477 e. The summed E-state index contributed by atoms with van der Waals surface area (Å²) in [6.07, 6.45) is 1.32. The highest BCUT2D eigenvalue weighted by Crippen LogP contribution is 2.30. The summed E-state index contributed by atoms with van der Waals surface area (Å²) < 4.78 is 18.5. The van der Waals surface area contributed by atoms with Gasteiger partial charge in [0.05, 0.1) is 5.02 Å². The number of pyridine rings is 1. The predicted molar refractivity (Wildman–Crippen MR) is 72.2 cm³/mol. The molecule has 0 bridgehead atoms. The summed E-state index contributed by atoms with van der Waals surface area (Å²) in [6.45, 7) is 3.22. The third kappa shape index (κ3) is 2.72. The Morgan fingerprint density at radius 2 is 2.10 bits per heavy atom. The van der Waals surface area contributed by atoms with E-state index >= 15 is 0 Å². The predicted octanol–water partition coefficient (Wildman–Crippen LogP) is 3.98. The molecule has 0 fully saturated rings. The third-order valence-electron chi connectivity index (χ3n) is 2.80. The first-order valence-corrected chi connectivity index (χ1v) is 6.10. The Labute approximate surface area is 119 Å². The van der Waals surface area contributed by atoms with Gasteiger partial charge in [-0.1, -0.05) is 11.6 Å². The summed E-state index contributed by atoms with van der Waals surface area (Å²) in [4.78, 5) is 15.2. The van der Waals surface area contributed by atoms with Crippen molar-refractivity contribution in [2.45, 2.75) is 13.8 Å². The van der Waals surface area contributed by atoms with Crippen LogP contribution in [0.4, 0.5) is 4.39 Å². The lowest BCUT2D eigenvalue weighted by molar-refractivity contribution is 0.0692. The maximum absolute atomic E-state index is 13.0. The Balaban J connectivity index is 2.48. The summed E-state index contributed by atoms with van der Waals surface area (Å²) in [5, 5.41) is 9.46. The number of ether oxygens (including phenoxy) is 1. The molecule has 0 aliphatic carbocycles. The van der Waals surface area contributed by atoms with Crippen LogP contribution in [0.5, 0.6) is 11.6 Å². The van der Waals surface area contributed by atoms with Crippen molar-refractivity contribution >= 4 is 17.6 Å². The minimum Gasteiger partial charge on any atom is -0.477 e. The van der Waals surface area contributed by atoms with Crippen molar-refractivity contribution in [1.82, 2.24) is 4.98 Å². The SMILES string of the molecule is Cc1cc(F)ccc1Oc1ncc(Cl)c(C)c1C(=O)O. The van der Waals surface area contributed by atoms with E-state index < -0.39 is 11.8 Å². The molecule has 2 rings (SSSR count). The van der Waals surface area contributed by atoms with Crippen molar-refractivity contribution in [3.63, 3.8) is 0 Å². The third-order valence-corrected chi connectivity index (χ3v) is 3.18.